The number of alkyl halides is 1. The monoisotopic (exact) mass is 196 g/mol. The van der Waals surface area contributed by atoms with Crippen LogP contribution in [-0.4, -0.2) is 11.5 Å². The van der Waals surface area contributed by atoms with Crippen molar-refractivity contribution in [2.24, 2.45) is 0 Å². The Hall–Kier alpha value is 0.910. The zero-order valence-electron chi connectivity index (χ0n) is 5.20. The molecule has 0 heterocycles. The average Bonchev–Trinajstić information content (AvgIpc) is 1.81. The van der Waals surface area contributed by atoms with Gasteiger partial charge in [0, 0.05) is 5.33 Å². The van der Waals surface area contributed by atoms with Crippen molar-refractivity contribution >= 4 is 25.2 Å². The second-order valence-corrected chi connectivity index (χ2v) is 3.26. The van der Waals surface area contributed by atoms with Crippen LogP contribution < -0.4 is 0 Å². The normalized spacial score (nSPS) is 9.75. The van der Waals surface area contributed by atoms with Gasteiger partial charge in [-0.3, -0.25) is 0 Å². The van der Waals surface area contributed by atoms with Crippen LogP contribution >= 0.6 is 25.2 Å². The van der Waals surface area contributed by atoms with Crippen LogP contribution in [0.1, 0.15) is 25.7 Å². The van der Waals surface area contributed by atoms with Crippen molar-refractivity contribution in [3.63, 3.8) is 0 Å². The maximum absolute atomic E-state index is 3.40. The number of rotatable bonds is 5. The Labute approximate surface area is 62.8 Å². The van der Waals surface area contributed by atoms with Gasteiger partial charge < -0.3 is 0 Å². The van der Waals surface area contributed by atoms with Gasteiger partial charge in [0.15, 0.2) is 0 Å². The standard InChI is InChI=1S/C6H14BrP/c7-5-3-1-2-4-6-8/h1-6,8H2. The third kappa shape index (κ3) is 6.91. The van der Waals surface area contributed by atoms with Gasteiger partial charge >= 0.3 is 0 Å². The second-order valence-electron chi connectivity index (χ2n) is 1.89. The van der Waals surface area contributed by atoms with Crippen molar-refractivity contribution in [2.75, 3.05) is 11.5 Å². The maximum Gasteiger partial charge on any atom is 0.00313 e. The van der Waals surface area contributed by atoms with E-state index in [1.807, 2.05) is 0 Å². The van der Waals surface area contributed by atoms with Crippen molar-refractivity contribution in [1.29, 1.82) is 0 Å². The minimum Gasteiger partial charge on any atom is -0.138 e. The zero-order valence-corrected chi connectivity index (χ0v) is 7.94. The van der Waals surface area contributed by atoms with Crippen LogP contribution in [0.5, 0.6) is 0 Å². The van der Waals surface area contributed by atoms with Gasteiger partial charge in [0.1, 0.15) is 0 Å². The van der Waals surface area contributed by atoms with E-state index in [4.69, 9.17) is 0 Å². The van der Waals surface area contributed by atoms with E-state index in [0.29, 0.717) is 0 Å². The molecule has 0 saturated carbocycles. The summed E-state index contributed by atoms with van der Waals surface area (Å²) in [4.78, 5) is 0. The van der Waals surface area contributed by atoms with Crippen LogP contribution in [0.15, 0.2) is 0 Å². The fourth-order valence-corrected chi connectivity index (χ4v) is 1.28. The SMILES string of the molecule is PCCCCCCBr. The summed E-state index contributed by atoms with van der Waals surface area (Å²) in [6.07, 6.45) is 6.76. The van der Waals surface area contributed by atoms with Crippen molar-refractivity contribution in [2.45, 2.75) is 25.7 Å². The molecule has 0 aromatic heterocycles. The minimum absolute atomic E-state index is 1.17. The van der Waals surface area contributed by atoms with Crippen LogP contribution in [0.2, 0.25) is 0 Å². The molecule has 0 fully saturated rings. The Morgan fingerprint density at radius 3 is 2.12 bits per heavy atom. The summed E-state index contributed by atoms with van der Waals surface area (Å²) in [6.45, 7) is 0. The third-order valence-electron chi connectivity index (χ3n) is 1.09. The molecule has 2 heteroatoms. The van der Waals surface area contributed by atoms with Crippen molar-refractivity contribution in [3.8, 4) is 0 Å². The number of unbranched alkanes of at least 4 members (excludes halogenated alkanes) is 3. The molecule has 0 bridgehead atoms. The molecule has 0 radical (unpaired) electrons. The Kier molecular flexibility index (Phi) is 8.81. The zero-order chi connectivity index (χ0) is 6.24. The lowest BCUT2D eigenvalue weighted by molar-refractivity contribution is 0.713. The van der Waals surface area contributed by atoms with E-state index in [-0.39, 0.29) is 0 Å². The summed E-state index contributed by atoms with van der Waals surface area (Å²) in [5, 5.41) is 1.17. The van der Waals surface area contributed by atoms with E-state index in [2.05, 4.69) is 25.2 Å². The first-order valence-corrected chi connectivity index (χ1v) is 5.11. The Bertz CT molecular complexity index is 33.5. The molecule has 0 amide bonds. The fraction of sp³-hybridized carbons (Fsp3) is 1.00. The first-order valence-electron chi connectivity index (χ1n) is 3.18. The highest BCUT2D eigenvalue weighted by molar-refractivity contribution is 9.09. The quantitative estimate of drug-likeness (QED) is 0.361. The number of hydrogen-bond acceptors (Lipinski definition) is 0. The van der Waals surface area contributed by atoms with Crippen LogP contribution in [0, 0.1) is 0 Å². The predicted octanol–water partition coefficient (Wildman–Crippen LogP) is 2.82. The van der Waals surface area contributed by atoms with E-state index in [1.165, 1.54) is 37.2 Å². The predicted molar refractivity (Wildman–Crippen MR) is 46.8 cm³/mol. The molecular formula is C6H14BrP. The summed E-state index contributed by atoms with van der Waals surface area (Å²) in [5.74, 6) is 0. The smallest absolute Gasteiger partial charge is 0.00313 e. The highest BCUT2D eigenvalue weighted by Gasteiger charge is 1.84. The molecule has 0 rings (SSSR count). The van der Waals surface area contributed by atoms with Gasteiger partial charge in [0.05, 0.1) is 0 Å². The fourth-order valence-electron chi connectivity index (χ4n) is 0.592. The molecule has 8 heavy (non-hydrogen) atoms. The lowest BCUT2D eigenvalue weighted by atomic mass is 10.2. The average molecular weight is 197 g/mol. The van der Waals surface area contributed by atoms with E-state index in [0.717, 1.165) is 0 Å². The van der Waals surface area contributed by atoms with Gasteiger partial charge in [-0.2, -0.15) is 0 Å². The Balaban J connectivity index is 2.53. The molecule has 0 spiro atoms. The highest BCUT2D eigenvalue weighted by atomic mass is 79.9. The topological polar surface area (TPSA) is 0 Å². The van der Waals surface area contributed by atoms with E-state index >= 15 is 0 Å². The molecule has 0 aromatic carbocycles. The second kappa shape index (κ2) is 7.91. The molecule has 0 N–H and O–H groups in total. The summed E-state index contributed by atoms with van der Waals surface area (Å²) in [6, 6.07) is 0. The van der Waals surface area contributed by atoms with Gasteiger partial charge in [0.25, 0.3) is 0 Å². The lowest BCUT2D eigenvalue weighted by Gasteiger charge is -1.93. The molecular weight excluding hydrogens is 183 g/mol. The van der Waals surface area contributed by atoms with Crippen molar-refractivity contribution in [3.05, 3.63) is 0 Å². The van der Waals surface area contributed by atoms with E-state index in [9.17, 15) is 0 Å². The van der Waals surface area contributed by atoms with Gasteiger partial charge in [-0.05, 0) is 19.0 Å². The molecule has 0 aromatic rings. The first kappa shape index (κ1) is 8.91. The largest absolute Gasteiger partial charge is 0.138 e. The Morgan fingerprint density at radius 1 is 1.00 bits per heavy atom. The molecule has 0 aliphatic heterocycles. The molecule has 1 atom stereocenters. The van der Waals surface area contributed by atoms with Gasteiger partial charge in [-0.1, -0.05) is 28.8 Å². The molecule has 1 unspecified atom stereocenters. The van der Waals surface area contributed by atoms with Gasteiger partial charge in [0.2, 0.25) is 0 Å². The molecule has 50 valence electrons. The highest BCUT2D eigenvalue weighted by Crippen LogP contribution is 2.02. The third-order valence-corrected chi connectivity index (χ3v) is 2.06. The van der Waals surface area contributed by atoms with Crippen LogP contribution in [0.3, 0.4) is 0 Å². The van der Waals surface area contributed by atoms with Crippen LogP contribution in [0.25, 0.3) is 0 Å². The first-order chi connectivity index (χ1) is 3.91. The van der Waals surface area contributed by atoms with Crippen LogP contribution in [0.4, 0.5) is 0 Å². The lowest BCUT2D eigenvalue weighted by Crippen LogP contribution is -1.78. The Morgan fingerprint density at radius 2 is 1.62 bits per heavy atom. The summed E-state index contributed by atoms with van der Waals surface area (Å²) in [5.41, 5.74) is 0. The van der Waals surface area contributed by atoms with Gasteiger partial charge in [-0.25, -0.2) is 0 Å². The molecule has 0 nitrogen and oxygen atoms in total. The van der Waals surface area contributed by atoms with Crippen molar-refractivity contribution in [1.82, 2.24) is 0 Å². The van der Waals surface area contributed by atoms with Gasteiger partial charge in [-0.15, -0.1) is 9.24 Å². The molecule has 0 aliphatic carbocycles. The van der Waals surface area contributed by atoms with Crippen molar-refractivity contribution < 1.29 is 0 Å². The van der Waals surface area contributed by atoms with E-state index < -0.39 is 0 Å². The maximum atomic E-state index is 3.40. The summed E-state index contributed by atoms with van der Waals surface area (Å²) in [7, 11) is 2.75. The van der Waals surface area contributed by atoms with E-state index in [1.54, 1.807) is 0 Å². The molecule has 0 saturated heterocycles. The summed E-state index contributed by atoms with van der Waals surface area (Å²) >= 11 is 3.40. The molecule has 0 aliphatic rings. The number of halogens is 1. The summed E-state index contributed by atoms with van der Waals surface area (Å²) < 4.78 is 0. The minimum atomic E-state index is 1.17. The van der Waals surface area contributed by atoms with Crippen LogP contribution in [-0.2, 0) is 0 Å². The number of hydrogen-bond donors (Lipinski definition) is 0.